The van der Waals surface area contributed by atoms with Gasteiger partial charge in [0.25, 0.3) is 0 Å². The van der Waals surface area contributed by atoms with Crippen molar-refractivity contribution in [2.24, 2.45) is 0 Å². The monoisotopic (exact) mass is 691 g/mol. The molecule has 10 aromatic rings. The van der Waals surface area contributed by atoms with Gasteiger partial charge in [-0.25, -0.2) is 15.0 Å². The Morgan fingerprint density at radius 3 is 1.85 bits per heavy atom. The van der Waals surface area contributed by atoms with Crippen molar-refractivity contribution in [1.82, 2.24) is 15.0 Å². The van der Waals surface area contributed by atoms with Crippen molar-refractivity contribution in [2.75, 3.05) is 0 Å². The van der Waals surface area contributed by atoms with E-state index in [1.54, 1.807) is 0 Å². The van der Waals surface area contributed by atoms with Crippen LogP contribution in [0.1, 0.15) is 36.1 Å². The molecule has 0 bridgehead atoms. The van der Waals surface area contributed by atoms with E-state index in [9.17, 15) is 0 Å². The lowest BCUT2D eigenvalue weighted by molar-refractivity contribution is 0.588. The summed E-state index contributed by atoms with van der Waals surface area (Å²) in [5.74, 6) is 3.04. The van der Waals surface area contributed by atoms with Crippen LogP contribution in [0.25, 0.3) is 99.9 Å². The lowest BCUT2D eigenvalue weighted by atomic mass is 9.82. The van der Waals surface area contributed by atoms with Crippen LogP contribution in [0.2, 0.25) is 0 Å². The second kappa shape index (κ2) is 12.1. The van der Waals surface area contributed by atoms with Crippen LogP contribution in [0.5, 0.6) is 0 Å². The molecule has 1 aliphatic rings. The van der Waals surface area contributed by atoms with Crippen LogP contribution in [0, 0.1) is 0 Å². The van der Waals surface area contributed by atoms with Gasteiger partial charge < -0.3 is 4.42 Å². The molecule has 1 aliphatic carbocycles. The SMILES string of the molecule is CC1CC(c2ccc3c4ccccc4c4ccccc4c3c2)=Cc2oc3cccc(-c4nc(-c5ccccc5)nc(-c5ccc6ccccc6c5)n4)c3c21. The molecule has 1 atom stereocenters. The van der Waals surface area contributed by atoms with E-state index in [2.05, 4.69) is 146 Å². The first kappa shape index (κ1) is 30.7. The van der Waals surface area contributed by atoms with E-state index < -0.39 is 0 Å². The maximum Gasteiger partial charge on any atom is 0.164 e. The van der Waals surface area contributed by atoms with E-state index >= 15 is 0 Å². The van der Waals surface area contributed by atoms with E-state index in [0.29, 0.717) is 17.5 Å². The number of nitrogens with zero attached hydrogens (tertiary/aromatic N) is 3. The molecule has 0 saturated heterocycles. The molecule has 254 valence electrons. The zero-order valence-corrected chi connectivity index (χ0v) is 29.6. The van der Waals surface area contributed by atoms with Gasteiger partial charge in [0.05, 0.1) is 0 Å². The van der Waals surface area contributed by atoms with E-state index in [1.807, 2.05) is 24.3 Å². The number of aromatic nitrogens is 3. The first-order valence-electron chi connectivity index (χ1n) is 18.6. The second-order valence-electron chi connectivity index (χ2n) is 14.4. The molecule has 0 saturated carbocycles. The fourth-order valence-electron chi connectivity index (χ4n) is 8.60. The molecule has 0 fully saturated rings. The molecule has 0 aliphatic heterocycles. The van der Waals surface area contributed by atoms with Crippen molar-refractivity contribution < 1.29 is 4.42 Å². The lowest BCUT2D eigenvalue weighted by Crippen LogP contribution is -2.04. The first-order chi connectivity index (χ1) is 26.7. The third kappa shape index (κ3) is 4.87. The van der Waals surface area contributed by atoms with Gasteiger partial charge in [-0.15, -0.1) is 0 Å². The predicted molar refractivity (Wildman–Crippen MR) is 223 cm³/mol. The maximum absolute atomic E-state index is 6.72. The third-order valence-corrected chi connectivity index (χ3v) is 11.1. The molecule has 11 rings (SSSR count). The number of furan rings is 1. The zero-order chi connectivity index (χ0) is 35.8. The molecule has 54 heavy (non-hydrogen) atoms. The number of fused-ring (bicyclic) bond motifs is 10. The molecule has 0 amide bonds. The quantitative estimate of drug-likeness (QED) is 0.172. The van der Waals surface area contributed by atoms with Crippen molar-refractivity contribution in [1.29, 1.82) is 0 Å². The van der Waals surface area contributed by atoms with Gasteiger partial charge in [0.15, 0.2) is 17.5 Å². The van der Waals surface area contributed by atoms with Crippen LogP contribution >= 0.6 is 0 Å². The highest BCUT2D eigenvalue weighted by molar-refractivity contribution is 6.25. The standard InChI is InChI=1S/C50H33N3O/c1-30-26-36(34-24-25-41-39-18-8-7-16-37(39)38-17-9-10-19-40(38)43(41)28-34)29-45-46(30)47-42(20-11-21-44(47)54-45)50-52-48(32-13-3-2-4-14-32)51-49(53-50)35-23-22-31-12-5-6-15-33(31)27-35/h2-25,27-30H,26H2,1H3. The van der Waals surface area contributed by atoms with Crippen LogP contribution < -0.4 is 0 Å². The minimum atomic E-state index is 0.210. The normalized spacial score (nSPS) is 14.2. The second-order valence-corrected chi connectivity index (χ2v) is 14.4. The van der Waals surface area contributed by atoms with Crippen molar-refractivity contribution in [3.63, 3.8) is 0 Å². The summed E-state index contributed by atoms with van der Waals surface area (Å²) >= 11 is 0. The topological polar surface area (TPSA) is 51.8 Å². The molecule has 0 spiro atoms. The third-order valence-electron chi connectivity index (χ3n) is 11.1. The fraction of sp³-hybridized carbons (Fsp3) is 0.0600. The Kier molecular flexibility index (Phi) is 6.86. The largest absolute Gasteiger partial charge is 0.456 e. The Hall–Kier alpha value is -6.91. The van der Waals surface area contributed by atoms with Crippen molar-refractivity contribution >= 4 is 65.7 Å². The van der Waals surface area contributed by atoms with Gasteiger partial charge in [-0.1, -0.05) is 146 Å². The maximum atomic E-state index is 6.72. The average Bonchev–Trinajstić information content (AvgIpc) is 3.63. The molecular weight excluding hydrogens is 659 g/mol. The average molecular weight is 692 g/mol. The van der Waals surface area contributed by atoms with Gasteiger partial charge in [0.2, 0.25) is 0 Å². The van der Waals surface area contributed by atoms with Crippen molar-refractivity contribution in [3.8, 4) is 34.2 Å². The van der Waals surface area contributed by atoms with E-state index in [0.717, 1.165) is 45.2 Å². The molecule has 2 heterocycles. The number of rotatable bonds is 4. The van der Waals surface area contributed by atoms with E-state index in [1.165, 1.54) is 54.4 Å². The molecular formula is C50H33N3O. The van der Waals surface area contributed by atoms with Gasteiger partial charge in [0, 0.05) is 27.6 Å². The minimum Gasteiger partial charge on any atom is -0.456 e. The summed E-state index contributed by atoms with van der Waals surface area (Å²) in [6, 6.07) is 55.6. The first-order valence-corrected chi connectivity index (χ1v) is 18.6. The van der Waals surface area contributed by atoms with Crippen LogP contribution in [0.4, 0.5) is 0 Å². The molecule has 4 heteroatoms. The molecule has 0 radical (unpaired) electrons. The summed E-state index contributed by atoms with van der Waals surface area (Å²) in [6.07, 6.45) is 3.15. The van der Waals surface area contributed by atoms with Crippen LogP contribution in [-0.4, -0.2) is 15.0 Å². The van der Waals surface area contributed by atoms with Crippen LogP contribution in [0.3, 0.4) is 0 Å². The Labute approximate surface area is 312 Å². The summed E-state index contributed by atoms with van der Waals surface area (Å²) in [6.45, 7) is 2.31. The fourth-order valence-corrected chi connectivity index (χ4v) is 8.60. The highest BCUT2D eigenvalue weighted by Crippen LogP contribution is 2.47. The highest BCUT2D eigenvalue weighted by atomic mass is 16.3. The summed E-state index contributed by atoms with van der Waals surface area (Å²) < 4.78 is 6.72. The molecule has 4 nitrogen and oxygen atoms in total. The van der Waals surface area contributed by atoms with Crippen molar-refractivity contribution in [3.05, 3.63) is 175 Å². The van der Waals surface area contributed by atoms with E-state index in [-0.39, 0.29) is 5.92 Å². The number of hydrogen-bond donors (Lipinski definition) is 0. The highest BCUT2D eigenvalue weighted by Gasteiger charge is 2.28. The van der Waals surface area contributed by atoms with Gasteiger partial charge in [-0.3, -0.25) is 0 Å². The van der Waals surface area contributed by atoms with Crippen molar-refractivity contribution in [2.45, 2.75) is 19.3 Å². The summed E-state index contributed by atoms with van der Waals surface area (Å²) in [5.41, 5.74) is 7.40. The molecule has 1 unspecified atom stereocenters. The Morgan fingerprint density at radius 2 is 1.09 bits per heavy atom. The zero-order valence-electron chi connectivity index (χ0n) is 29.6. The summed E-state index contributed by atoms with van der Waals surface area (Å²) in [7, 11) is 0. The Balaban J connectivity index is 1.07. The van der Waals surface area contributed by atoms with Gasteiger partial charge >= 0.3 is 0 Å². The van der Waals surface area contributed by atoms with Gasteiger partial charge in [-0.05, 0) is 90.8 Å². The smallest absolute Gasteiger partial charge is 0.164 e. The molecule has 0 N–H and O–H groups in total. The number of hydrogen-bond acceptors (Lipinski definition) is 4. The van der Waals surface area contributed by atoms with Crippen LogP contribution in [-0.2, 0) is 0 Å². The van der Waals surface area contributed by atoms with Gasteiger partial charge in [-0.2, -0.15) is 0 Å². The lowest BCUT2D eigenvalue weighted by Gasteiger charge is -2.21. The van der Waals surface area contributed by atoms with E-state index in [4.69, 9.17) is 19.4 Å². The Bertz CT molecular complexity index is 3120. The van der Waals surface area contributed by atoms with Gasteiger partial charge in [0.1, 0.15) is 11.3 Å². The molecule has 8 aromatic carbocycles. The van der Waals surface area contributed by atoms with Crippen LogP contribution in [0.15, 0.2) is 162 Å². The summed E-state index contributed by atoms with van der Waals surface area (Å²) in [5, 5.41) is 11.1. The predicted octanol–water partition coefficient (Wildman–Crippen LogP) is 13.3. The minimum absolute atomic E-state index is 0.210. The number of allylic oxidation sites excluding steroid dienone is 1. The Morgan fingerprint density at radius 1 is 0.481 bits per heavy atom. The summed E-state index contributed by atoms with van der Waals surface area (Å²) in [4.78, 5) is 15.3. The molecule has 2 aromatic heterocycles. The number of benzene rings is 8.